The van der Waals surface area contributed by atoms with Gasteiger partial charge in [-0.2, -0.15) is 0 Å². The zero-order valence-corrected chi connectivity index (χ0v) is 13.0. The number of carboxylic acids is 1. The van der Waals surface area contributed by atoms with Gasteiger partial charge in [-0.1, -0.05) is 15.9 Å². The molecule has 1 aromatic carbocycles. The molecule has 0 aliphatic heterocycles. The summed E-state index contributed by atoms with van der Waals surface area (Å²) in [6.45, 7) is 0.347. The van der Waals surface area contributed by atoms with Crippen LogP contribution in [0, 0.1) is 0 Å². The van der Waals surface area contributed by atoms with E-state index in [2.05, 4.69) is 31.9 Å². The van der Waals surface area contributed by atoms with Crippen LogP contribution in [-0.4, -0.2) is 11.1 Å². The van der Waals surface area contributed by atoms with Gasteiger partial charge in [0, 0.05) is 8.95 Å². The summed E-state index contributed by atoms with van der Waals surface area (Å²) in [6, 6.07) is 6.87. The molecule has 0 saturated carbocycles. The van der Waals surface area contributed by atoms with Crippen LogP contribution in [0.4, 0.5) is 0 Å². The number of thiophene rings is 1. The van der Waals surface area contributed by atoms with Gasteiger partial charge in [0.15, 0.2) is 0 Å². The van der Waals surface area contributed by atoms with Gasteiger partial charge in [-0.05, 0) is 45.6 Å². The lowest BCUT2D eigenvalue weighted by atomic mass is 10.2. The predicted octanol–water partition coefficient (Wildman–Crippen LogP) is 4.55. The molecule has 2 rings (SSSR count). The summed E-state index contributed by atoms with van der Waals surface area (Å²) in [5.41, 5.74) is 0.150. The largest absolute Gasteiger partial charge is 0.487 e. The molecular formula is C12H8Br2O3S. The van der Waals surface area contributed by atoms with E-state index < -0.39 is 5.97 Å². The summed E-state index contributed by atoms with van der Waals surface area (Å²) in [6.07, 6.45) is 0. The van der Waals surface area contributed by atoms with Gasteiger partial charge in [-0.15, -0.1) is 11.3 Å². The van der Waals surface area contributed by atoms with Crippen molar-refractivity contribution in [2.75, 3.05) is 0 Å². The molecule has 0 bridgehead atoms. The second-order valence-corrected chi connectivity index (χ2v) is 6.20. The molecule has 0 spiro atoms. The van der Waals surface area contributed by atoms with Crippen molar-refractivity contribution in [3.05, 3.63) is 49.0 Å². The van der Waals surface area contributed by atoms with Crippen molar-refractivity contribution in [2.45, 2.75) is 6.61 Å². The van der Waals surface area contributed by atoms with Crippen molar-refractivity contribution in [2.24, 2.45) is 0 Å². The quantitative estimate of drug-likeness (QED) is 0.831. The summed E-state index contributed by atoms with van der Waals surface area (Å²) in [7, 11) is 0. The Hall–Kier alpha value is -0.850. The van der Waals surface area contributed by atoms with Gasteiger partial charge in [0.05, 0.1) is 4.88 Å². The molecule has 0 radical (unpaired) electrons. The molecule has 0 amide bonds. The number of aromatic carboxylic acids is 1. The van der Waals surface area contributed by atoms with Gasteiger partial charge in [0.2, 0.25) is 0 Å². The summed E-state index contributed by atoms with van der Waals surface area (Å²) >= 11 is 8.20. The fraction of sp³-hybridized carbons (Fsp3) is 0.0833. The highest BCUT2D eigenvalue weighted by Gasteiger charge is 2.12. The Morgan fingerprint density at radius 3 is 2.72 bits per heavy atom. The van der Waals surface area contributed by atoms with Crippen LogP contribution in [0.2, 0.25) is 0 Å². The Bertz CT molecular complexity index is 580. The van der Waals surface area contributed by atoms with Gasteiger partial charge >= 0.3 is 5.97 Å². The maximum Gasteiger partial charge on any atom is 0.339 e. The van der Waals surface area contributed by atoms with Gasteiger partial charge < -0.3 is 9.84 Å². The topological polar surface area (TPSA) is 46.5 Å². The number of hydrogen-bond donors (Lipinski definition) is 1. The molecule has 0 atom stereocenters. The molecule has 0 unspecified atom stereocenters. The third-order valence-electron chi connectivity index (χ3n) is 2.22. The third kappa shape index (κ3) is 3.13. The third-order valence-corrected chi connectivity index (χ3v) is 4.61. The molecule has 0 saturated heterocycles. The van der Waals surface area contributed by atoms with E-state index in [1.165, 1.54) is 6.07 Å². The molecule has 1 aromatic heterocycles. The van der Waals surface area contributed by atoms with Crippen LogP contribution in [0.5, 0.6) is 5.75 Å². The van der Waals surface area contributed by atoms with E-state index in [0.717, 1.165) is 9.35 Å². The molecule has 1 N–H and O–H groups in total. The lowest BCUT2D eigenvalue weighted by Gasteiger charge is -2.08. The van der Waals surface area contributed by atoms with E-state index in [9.17, 15) is 4.79 Å². The Morgan fingerprint density at radius 2 is 2.11 bits per heavy atom. The Kier molecular flexibility index (Phi) is 4.42. The molecular weight excluding hydrogens is 384 g/mol. The normalized spacial score (nSPS) is 10.3. The molecule has 1 heterocycles. The standard InChI is InChI=1S/C12H8Br2O3S/c13-7-1-2-10(8(5-7)12(15)16)17-6-11-9(14)3-4-18-11/h1-5H,6H2,(H,15,16). The van der Waals surface area contributed by atoms with E-state index in [-0.39, 0.29) is 5.56 Å². The second-order valence-electron chi connectivity index (χ2n) is 3.43. The highest BCUT2D eigenvalue weighted by molar-refractivity contribution is 9.10. The van der Waals surface area contributed by atoms with Crippen molar-refractivity contribution in [1.29, 1.82) is 0 Å². The number of carboxylic acid groups (broad SMARTS) is 1. The Labute approximate surface area is 125 Å². The van der Waals surface area contributed by atoms with Crippen LogP contribution in [0.25, 0.3) is 0 Å². The maximum absolute atomic E-state index is 11.1. The SMILES string of the molecule is O=C(O)c1cc(Br)ccc1OCc1sccc1Br. The molecule has 2 aromatic rings. The number of carbonyl (C=O) groups is 1. The molecule has 3 nitrogen and oxygen atoms in total. The van der Waals surface area contributed by atoms with Crippen molar-refractivity contribution in [3.63, 3.8) is 0 Å². The number of ether oxygens (including phenoxy) is 1. The van der Waals surface area contributed by atoms with Crippen LogP contribution in [0.15, 0.2) is 38.6 Å². The van der Waals surface area contributed by atoms with Gasteiger partial charge in [-0.25, -0.2) is 4.79 Å². The summed E-state index contributed by atoms with van der Waals surface area (Å²) < 4.78 is 7.24. The highest BCUT2D eigenvalue weighted by atomic mass is 79.9. The van der Waals surface area contributed by atoms with E-state index in [0.29, 0.717) is 16.8 Å². The number of hydrogen-bond acceptors (Lipinski definition) is 3. The number of benzene rings is 1. The minimum absolute atomic E-state index is 0.150. The fourth-order valence-corrected chi connectivity index (χ4v) is 3.11. The van der Waals surface area contributed by atoms with Gasteiger partial charge in [-0.3, -0.25) is 0 Å². The van der Waals surface area contributed by atoms with Gasteiger partial charge in [0.1, 0.15) is 17.9 Å². The molecule has 6 heteroatoms. The zero-order chi connectivity index (χ0) is 13.1. The first-order valence-electron chi connectivity index (χ1n) is 4.95. The van der Waals surface area contributed by atoms with Crippen LogP contribution in [-0.2, 0) is 6.61 Å². The number of rotatable bonds is 4. The maximum atomic E-state index is 11.1. The molecule has 0 aliphatic carbocycles. The van der Waals surface area contributed by atoms with E-state index >= 15 is 0 Å². The monoisotopic (exact) mass is 390 g/mol. The second kappa shape index (κ2) is 5.86. The number of halogens is 2. The minimum atomic E-state index is -1.00. The average molecular weight is 392 g/mol. The molecule has 18 heavy (non-hydrogen) atoms. The first-order chi connectivity index (χ1) is 8.58. The minimum Gasteiger partial charge on any atom is -0.487 e. The molecule has 94 valence electrons. The zero-order valence-electron chi connectivity index (χ0n) is 9.02. The predicted molar refractivity (Wildman–Crippen MR) is 77.5 cm³/mol. The highest BCUT2D eigenvalue weighted by Crippen LogP contribution is 2.27. The average Bonchev–Trinajstić information content (AvgIpc) is 2.73. The molecule has 0 aliphatic rings. The van der Waals surface area contributed by atoms with Crippen molar-refractivity contribution in [3.8, 4) is 5.75 Å². The first-order valence-corrected chi connectivity index (χ1v) is 7.42. The smallest absolute Gasteiger partial charge is 0.339 e. The Morgan fingerprint density at radius 1 is 1.33 bits per heavy atom. The van der Waals surface area contributed by atoms with Crippen molar-refractivity contribution < 1.29 is 14.6 Å². The summed E-state index contributed by atoms with van der Waals surface area (Å²) in [5, 5.41) is 11.0. The van der Waals surface area contributed by atoms with Crippen molar-refractivity contribution >= 4 is 49.2 Å². The lowest BCUT2D eigenvalue weighted by Crippen LogP contribution is -2.03. The lowest BCUT2D eigenvalue weighted by molar-refractivity contribution is 0.0691. The van der Waals surface area contributed by atoms with Crippen LogP contribution >= 0.6 is 43.2 Å². The van der Waals surface area contributed by atoms with Crippen LogP contribution in [0.3, 0.4) is 0 Å². The van der Waals surface area contributed by atoms with Crippen LogP contribution in [0.1, 0.15) is 15.2 Å². The van der Waals surface area contributed by atoms with E-state index in [1.807, 2.05) is 11.4 Å². The first kappa shape index (κ1) is 13.6. The van der Waals surface area contributed by atoms with E-state index in [1.54, 1.807) is 23.5 Å². The molecule has 0 fully saturated rings. The fourth-order valence-electron chi connectivity index (χ4n) is 1.37. The Balaban J connectivity index is 2.19. The van der Waals surface area contributed by atoms with Crippen molar-refractivity contribution in [1.82, 2.24) is 0 Å². The summed E-state index contributed by atoms with van der Waals surface area (Å²) in [5.74, 6) is -0.637. The van der Waals surface area contributed by atoms with E-state index in [4.69, 9.17) is 9.84 Å². The van der Waals surface area contributed by atoms with Crippen LogP contribution < -0.4 is 4.74 Å². The van der Waals surface area contributed by atoms with Gasteiger partial charge in [0.25, 0.3) is 0 Å². The summed E-state index contributed by atoms with van der Waals surface area (Å²) in [4.78, 5) is 12.1.